The number of aromatic hydroxyl groups is 1. The lowest BCUT2D eigenvalue weighted by Gasteiger charge is -2.16. The summed E-state index contributed by atoms with van der Waals surface area (Å²) in [4.78, 5) is 2.46. The molecule has 1 saturated heterocycles. The van der Waals surface area contributed by atoms with E-state index in [9.17, 15) is 5.11 Å². The summed E-state index contributed by atoms with van der Waals surface area (Å²) in [6.45, 7) is 4.11. The number of rotatable bonds is 7. The second-order valence-corrected chi connectivity index (χ2v) is 9.16. The van der Waals surface area contributed by atoms with E-state index in [-0.39, 0.29) is 5.75 Å². The molecule has 1 fully saturated rings. The summed E-state index contributed by atoms with van der Waals surface area (Å²) >= 11 is 6.30. The van der Waals surface area contributed by atoms with E-state index in [4.69, 9.17) is 16.3 Å². The Kier molecular flexibility index (Phi) is 6.52. The SMILES string of the molecule is Oc1ccc2c(Cc3ccc(OCCN4CCCC4)cc3)c(-c3cccc(Cl)c3)ccc2c1. The van der Waals surface area contributed by atoms with Crippen LogP contribution in [0.2, 0.25) is 5.02 Å². The van der Waals surface area contributed by atoms with Gasteiger partial charge in [0.1, 0.15) is 18.1 Å². The maximum Gasteiger partial charge on any atom is 0.119 e. The van der Waals surface area contributed by atoms with Gasteiger partial charge in [-0.15, -0.1) is 0 Å². The molecule has 168 valence electrons. The molecule has 4 aromatic carbocycles. The number of likely N-dealkylation sites (tertiary alicyclic amines) is 1. The fraction of sp³-hybridized carbons (Fsp3) is 0.241. The van der Waals surface area contributed by atoms with E-state index in [1.165, 1.54) is 37.1 Å². The van der Waals surface area contributed by atoms with Crippen LogP contribution in [0.5, 0.6) is 11.5 Å². The van der Waals surface area contributed by atoms with Crippen molar-refractivity contribution in [2.75, 3.05) is 26.2 Å². The van der Waals surface area contributed by atoms with Gasteiger partial charge in [0.15, 0.2) is 0 Å². The minimum atomic E-state index is 0.277. The molecule has 3 nitrogen and oxygen atoms in total. The Hall–Kier alpha value is -3.01. The molecule has 0 spiro atoms. The van der Waals surface area contributed by atoms with E-state index in [1.807, 2.05) is 30.3 Å². The van der Waals surface area contributed by atoms with Crippen LogP contribution in [-0.4, -0.2) is 36.2 Å². The molecule has 0 radical (unpaired) electrons. The average molecular weight is 458 g/mol. The van der Waals surface area contributed by atoms with E-state index in [2.05, 4.69) is 47.4 Å². The third kappa shape index (κ3) is 5.16. The third-order valence-corrected chi connectivity index (χ3v) is 6.66. The van der Waals surface area contributed by atoms with E-state index >= 15 is 0 Å². The van der Waals surface area contributed by atoms with Crippen molar-refractivity contribution in [3.8, 4) is 22.6 Å². The molecule has 0 bridgehead atoms. The number of hydrogen-bond acceptors (Lipinski definition) is 3. The number of hydrogen-bond donors (Lipinski definition) is 1. The zero-order valence-corrected chi connectivity index (χ0v) is 19.4. The fourth-order valence-electron chi connectivity index (χ4n) is 4.71. The highest BCUT2D eigenvalue weighted by Gasteiger charge is 2.13. The van der Waals surface area contributed by atoms with Crippen LogP contribution in [0.25, 0.3) is 21.9 Å². The normalized spacial score (nSPS) is 14.1. The van der Waals surface area contributed by atoms with Crippen LogP contribution in [0.1, 0.15) is 24.0 Å². The zero-order valence-electron chi connectivity index (χ0n) is 18.6. The molecule has 4 heteroatoms. The van der Waals surface area contributed by atoms with Crippen LogP contribution in [0.4, 0.5) is 0 Å². The van der Waals surface area contributed by atoms with E-state index < -0.39 is 0 Å². The molecule has 1 aliphatic rings. The van der Waals surface area contributed by atoms with Gasteiger partial charge in [-0.25, -0.2) is 0 Å². The number of phenols is 1. The van der Waals surface area contributed by atoms with Gasteiger partial charge in [-0.2, -0.15) is 0 Å². The number of halogens is 1. The summed E-state index contributed by atoms with van der Waals surface area (Å²) in [6.07, 6.45) is 3.39. The molecular weight excluding hydrogens is 430 g/mol. The summed E-state index contributed by atoms with van der Waals surface area (Å²) in [6, 6.07) is 26.2. The Morgan fingerprint density at radius 1 is 0.879 bits per heavy atom. The molecule has 1 heterocycles. The monoisotopic (exact) mass is 457 g/mol. The molecule has 0 saturated carbocycles. The lowest BCUT2D eigenvalue weighted by atomic mass is 9.90. The Labute approximate surface area is 200 Å². The van der Waals surface area contributed by atoms with Crippen molar-refractivity contribution in [3.63, 3.8) is 0 Å². The van der Waals surface area contributed by atoms with E-state index in [0.717, 1.165) is 52.2 Å². The largest absolute Gasteiger partial charge is 0.508 e. The smallest absolute Gasteiger partial charge is 0.119 e. The second-order valence-electron chi connectivity index (χ2n) is 8.73. The molecule has 0 aliphatic carbocycles. The predicted molar refractivity (Wildman–Crippen MR) is 136 cm³/mol. The first-order valence-corrected chi connectivity index (χ1v) is 12.0. The van der Waals surface area contributed by atoms with Crippen LogP contribution >= 0.6 is 11.6 Å². The van der Waals surface area contributed by atoms with Gasteiger partial charge in [0.2, 0.25) is 0 Å². The minimum Gasteiger partial charge on any atom is -0.508 e. The summed E-state index contributed by atoms with van der Waals surface area (Å²) in [5.41, 5.74) is 4.68. The molecule has 1 aliphatic heterocycles. The van der Waals surface area contributed by atoms with Crippen LogP contribution in [-0.2, 0) is 6.42 Å². The van der Waals surface area contributed by atoms with Crippen LogP contribution in [0.15, 0.2) is 78.9 Å². The molecule has 5 rings (SSSR count). The maximum absolute atomic E-state index is 9.97. The predicted octanol–water partition coefficient (Wildman–Crippen LogP) is 6.93. The van der Waals surface area contributed by atoms with Crippen LogP contribution < -0.4 is 4.74 Å². The molecule has 0 aromatic heterocycles. The lowest BCUT2D eigenvalue weighted by Crippen LogP contribution is -2.25. The van der Waals surface area contributed by atoms with Crippen molar-refractivity contribution in [1.29, 1.82) is 0 Å². The van der Waals surface area contributed by atoms with E-state index in [1.54, 1.807) is 6.07 Å². The Balaban J connectivity index is 1.40. The third-order valence-electron chi connectivity index (χ3n) is 6.43. The van der Waals surface area contributed by atoms with E-state index in [0.29, 0.717) is 0 Å². The number of fused-ring (bicyclic) bond motifs is 1. The van der Waals surface area contributed by atoms with Crippen molar-refractivity contribution in [2.45, 2.75) is 19.3 Å². The molecule has 0 unspecified atom stereocenters. The lowest BCUT2D eigenvalue weighted by molar-refractivity contribution is 0.238. The second kappa shape index (κ2) is 9.86. The molecular formula is C29H28ClNO2. The van der Waals surface area contributed by atoms with Gasteiger partial charge in [0.25, 0.3) is 0 Å². The molecule has 0 amide bonds. The van der Waals surface area contributed by atoms with Crippen molar-refractivity contribution in [2.24, 2.45) is 0 Å². The zero-order chi connectivity index (χ0) is 22.6. The van der Waals surface area contributed by atoms with Gasteiger partial charge >= 0.3 is 0 Å². The highest BCUT2D eigenvalue weighted by atomic mass is 35.5. The quantitative estimate of drug-likeness (QED) is 0.326. The van der Waals surface area contributed by atoms with Crippen molar-refractivity contribution >= 4 is 22.4 Å². The van der Waals surface area contributed by atoms with Crippen LogP contribution in [0, 0.1) is 0 Å². The first-order chi connectivity index (χ1) is 16.2. The number of benzene rings is 4. The number of ether oxygens (including phenoxy) is 1. The number of phenolic OH excluding ortho intramolecular Hbond substituents is 1. The summed E-state index contributed by atoms with van der Waals surface area (Å²) < 4.78 is 5.98. The molecule has 0 atom stereocenters. The summed E-state index contributed by atoms with van der Waals surface area (Å²) in [7, 11) is 0. The highest BCUT2D eigenvalue weighted by molar-refractivity contribution is 6.30. The Morgan fingerprint density at radius 3 is 2.48 bits per heavy atom. The first kappa shape index (κ1) is 21.8. The first-order valence-electron chi connectivity index (χ1n) is 11.6. The van der Waals surface area contributed by atoms with Gasteiger partial charge in [0, 0.05) is 11.6 Å². The van der Waals surface area contributed by atoms with Crippen LogP contribution in [0.3, 0.4) is 0 Å². The van der Waals surface area contributed by atoms with Crippen molar-refractivity contribution < 1.29 is 9.84 Å². The molecule has 1 N–H and O–H groups in total. The van der Waals surface area contributed by atoms with Gasteiger partial charge in [0.05, 0.1) is 0 Å². The van der Waals surface area contributed by atoms with Gasteiger partial charge in [-0.05, 0) is 102 Å². The maximum atomic E-state index is 9.97. The topological polar surface area (TPSA) is 32.7 Å². The van der Waals surface area contributed by atoms with Crippen molar-refractivity contribution in [3.05, 3.63) is 95.0 Å². The minimum absolute atomic E-state index is 0.277. The Morgan fingerprint density at radius 2 is 1.70 bits per heavy atom. The summed E-state index contributed by atoms with van der Waals surface area (Å²) in [5.74, 6) is 1.19. The Bertz CT molecular complexity index is 1250. The van der Waals surface area contributed by atoms with Gasteiger partial charge in [-0.1, -0.05) is 54.1 Å². The fourth-order valence-corrected chi connectivity index (χ4v) is 4.90. The average Bonchev–Trinajstić information content (AvgIpc) is 3.34. The van der Waals surface area contributed by atoms with Gasteiger partial charge < -0.3 is 9.84 Å². The molecule has 33 heavy (non-hydrogen) atoms. The van der Waals surface area contributed by atoms with Crippen molar-refractivity contribution in [1.82, 2.24) is 4.90 Å². The highest BCUT2D eigenvalue weighted by Crippen LogP contribution is 2.34. The molecule has 4 aromatic rings. The standard InChI is InChI=1S/C29H28ClNO2/c30-24-5-3-4-22(19-24)27-12-8-23-20-25(32)9-13-28(23)29(27)18-21-6-10-26(11-7-21)33-17-16-31-14-1-2-15-31/h3-13,19-20,32H,1-2,14-18H2. The summed E-state index contributed by atoms with van der Waals surface area (Å²) in [5, 5.41) is 12.9. The number of nitrogens with zero attached hydrogens (tertiary/aromatic N) is 1. The van der Waals surface area contributed by atoms with Gasteiger partial charge in [-0.3, -0.25) is 4.90 Å².